The number of amides is 1. The van der Waals surface area contributed by atoms with Gasteiger partial charge in [0, 0.05) is 19.5 Å². The molecule has 0 aromatic rings. The molecule has 1 unspecified atom stereocenters. The fraction of sp³-hybridized carbons (Fsp3) is 0.889. The van der Waals surface area contributed by atoms with Gasteiger partial charge in [-0.25, -0.2) is 0 Å². The third-order valence-electron chi connectivity index (χ3n) is 2.59. The Bertz CT molecular complexity index is 144. The Hall–Kier alpha value is -0.530. The van der Waals surface area contributed by atoms with Crippen LogP contribution in [0.2, 0.25) is 0 Å². The maximum absolute atomic E-state index is 11.3. The van der Waals surface area contributed by atoms with Crippen LogP contribution in [0.15, 0.2) is 0 Å². The van der Waals surface area contributed by atoms with Crippen LogP contribution in [0, 0.1) is 0 Å². The fourth-order valence-electron chi connectivity index (χ4n) is 1.71. The summed E-state index contributed by atoms with van der Waals surface area (Å²) in [5.74, 6) is 0.328. The molecule has 1 aliphatic rings. The van der Waals surface area contributed by atoms with Gasteiger partial charge in [-0.15, -0.1) is 0 Å². The van der Waals surface area contributed by atoms with Gasteiger partial charge in [0.1, 0.15) is 0 Å². The van der Waals surface area contributed by atoms with E-state index in [1.54, 1.807) is 0 Å². The second kappa shape index (κ2) is 3.74. The zero-order chi connectivity index (χ0) is 8.27. The molecule has 1 rings (SSSR count). The molecular weight excluding hydrogens is 138 g/mol. The highest BCUT2D eigenvalue weighted by molar-refractivity contribution is 5.76. The number of nitrogens with zero attached hydrogens (tertiary/aromatic N) is 1. The number of rotatable bonds is 1. The standard InChI is InChI=1S/C9H17NO/c1-3-8-6-4-5-7-9(11)10(8)2/h8H,3-7H2,1-2H3. The number of carbonyl (C=O) groups is 1. The molecule has 2 heteroatoms. The Morgan fingerprint density at radius 1 is 1.55 bits per heavy atom. The summed E-state index contributed by atoms with van der Waals surface area (Å²) in [4.78, 5) is 13.2. The molecule has 1 aliphatic heterocycles. The molecule has 0 aliphatic carbocycles. The van der Waals surface area contributed by atoms with Crippen LogP contribution < -0.4 is 0 Å². The lowest BCUT2D eigenvalue weighted by Gasteiger charge is -2.24. The Balaban J connectivity index is 2.56. The minimum atomic E-state index is 0.328. The van der Waals surface area contributed by atoms with E-state index in [1.165, 1.54) is 12.8 Å². The molecule has 1 heterocycles. The first-order valence-electron chi connectivity index (χ1n) is 4.51. The van der Waals surface area contributed by atoms with Crippen molar-refractivity contribution >= 4 is 5.91 Å². The highest BCUT2D eigenvalue weighted by Gasteiger charge is 2.20. The van der Waals surface area contributed by atoms with Gasteiger partial charge in [-0.2, -0.15) is 0 Å². The zero-order valence-electron chi connectivity index (χ0n) is 7.47. The summed E-state index contributed by atoms with van der Waals surface area (Å²) in [5, 5.41) is 0. The summed E-state index contributed by atoms with van der Waals surface area (Å²) >= 11 is 0. The van der Waals surface area contributed by atoms with E-state index in [4.69, 9.17) is 0 Å². The topological polar surface area (TPSA) is 20.3 Å². The zero-order valence-corrected chi connectivity index (χ0v) is 7.47. The molecule has 0 aromatic heterocycles. The second-order valence-electron chi connectivity index (χ2n) is 3.31. The number of hydrogen-bond acceptors (Lipinski definition) is 1. The largest absolute Gasteiger partial charge is 0.343 e. The maximum atomic E-state index is 11.3. The lowest BCUT2D eigenvalue weighted by atomic mass is 10.1. The summed E-state index contributed by atoms with van der Waals surface area (Å²) in [7, 11) is 1.93. The minimum Gasteiger partial charge on any atom is -0.343 e. The SMILES string of the molecule is CCC1CCCCC(=O)N1C. The van der Waals surface area contributed by atoms with Crippen molar-refractivity contribution in [2.75, 3.05) is 7.05 Å². The highest BCUT2D eigenvalue weighted by Crippen LogP contribution is 2.17. The molecule has 1 fully saturated rings. The molecule has 1 atom stereocenters. The van der Waals surface area contributed by atoms with Gasteiger partial charge in [-0.3, -0.25) is 4.79 Å². The van der Waals surface area contributed by atoms with Crippen molar-refractivity contribution in [1.29, 1.82) is 0 Å². The fourth-order valence-corrected chi connectivity index (χ4v) is 1.71. The first kappa shape index (κ1) is 8.57. The van der Waals surface area contributed by atoms with Gasteiger partial charge < -0.3 is 4.90 Å². The van der Waals surface area contributed by atoms with E-state index in [0.717, 1.165) is 19.3 Å². The monoisotopic (exact) mass is 155 g/mol. The summed E-state index contributed by atoms with van der Waals surface area (Å²) in [6.45, 7) is 2.15. The molecule has 0 radical (unpaired) electrons. The molecule has 0 N–H and O–H groups in total. The number of carbonyl (C=O) groups excluding carboxylic acids is 1. The predicted molar refractivity (Wildman–Crippen MR) is 45.3 cm³/mol. The second-order valence-corrected chi connectivity index (χ2v) is 3.31. The van der Waals surface area contributed by atoms with Gasteiger partial charge in [-0.05, 0) is 19.3 Å². The molecule has 1 amide bonds. The van der Waals surface area contributed by atoms with Gasteiger partial charge in [0.25, 0.3) is 0 Å². The van der Waals surface area contributed by atoms with E-state index < -0.39 is 0 Å². The van der Waals surface area contributed by atoms with Crippen molar-refractivity contribution in [3.8, 4) is 0 Å². The van der Waals surface area contributed by atoms with E-state index >= 15 is 0 Å². The predicted octanol–water partition coefficient (Wildman–Crippen LogP) is 1.80. The Morgan fingerprint density at radius 2 is 2.27 bits per heavy atom. The normalized spacial score (nSPS) is 26.9. The summed E-state index contributed by atoms with van der Waals surface area (Å²) in [6.07, 6.45) is 5.35. The van der Waals surface area contributed by atoms with Gasteiger partial charge in [0.2, 0.25) is 5.91 Å². The van der Waals surface area contributed by atoms with Crippen LogP contribution in [-0.2, 0) is 4.79 Å². The van der Waals surface area contributed by atoms with Crippen molar-refractivity contribution in [3.63, 3.8) is 0 Å². The lowest BCUT2D eigenvalue weighted by Crippen LogP contribution is -2.34. The lowest BCUT2D eigenvalue weighted by molar-refractivity contribution is -0.131. The molecule has 2 nitrogen and oxygen atoms in total. The molecule has 0 aromatic carbocycles. The van der Waals surface area contributed by atoms with Crippen molar-refractivity contribution < 1.29 is 4.79 Å². The van der Waals surface area contributed by atoms with Crippen LogP contribution in [0.25, 0.3) is 0 Å². The smallest absolute Gasteiger partial charge is 0.222 e. The van der Waals surface area contributed by atoms with E-state index in [-0.39, 0.29) is 0 Å². The minimum absolute atomic E-state index is 0.328. The summed E-state index contributed by atoms with van der Waals surface area (Å²) < 4.78 is 0. The quantitative estimate of drug-likeness (QED) is 0.565. The number of likely N-dealkylation sites (tertiary alicyclic amines) is 1. The molecule has 1 saturated heterocycles. The molecular formula is C9H17NO. The van der Waals surface area contributed by atoms with Crippen LogP contribution in [0.3, 0.4) is 0 Å². The average molecular weight is 155 g/mol. The van der Waals surface area contributed by atoms with Crippen LogP contribution in [-0.4, -0.2) is 23.9 Å². The van der Waals surface area contributed by atoms with E-state index in [0.29, 0.717) is 11.9 Å². The Kier molecular flexibility index (Phi) is 2.92. The van der Waals surface area contributed by atoms with Crippen molar-refractivity contribution in [3.05, 3.63) is 0 Å². The van der Waals surface area contributed by atoms with Crippen LogP contribution in [0.1, 0.15) is 39.0 Å². The van der Waals surface area contributed by atoms with Crippen molar-refractivity contribution in [1.82, 2.24) is 4.90 Å². The Morgan fingerprint density at radius 3 is 2.91 bits per heavy atom. The van der Waals surface area contributed by atoms with Gasteiger partial charge >= 0.3 is 0 Å². The Labute approximate surface area is 68.6 Å². The van der Waals surface area contributed by atoms with Crippen molar-refractivity contribution in [2.24, 2.45) is 0 Å². The maximum Gasteiger partial charge on any atom is 0.222 e. The molecule has 0 bridgehead atoms. The molecule has 0 spiro atoms. The highest BCUT2D eigenvalue weighted by atomic mass is 16.2. The molecule has 0 saturated carbocycles. The first-order valence-corrected chi connectivity index (χ1v) is 4.51. The van der Waals surface area contributed by atoms with E-state index in [2.05, 4.69) is 6.92 Å². The van der Waals surface area contributed by atoms with Crippen molar-refractivity contribution in [2.45, 2.75) is 45.1 Å². The molecule has 64 valence electrons. The van der Waals surface area contributed by atoms with Gasteiger partial charge in [0.05, 0.1) is 0 Å². The van der Waals surface area contributed by atoms with E-state index in [1.807, 2.05) is 11.9 Å². The van der Waals surface area contributed by atoms with Crippen LogP contribution in [0.4, 0.5) is 0 Å². The van der Waals surface area contributed by atoms with Gasteiger partial charge in [-0.1, -0.05) is 13.3 Å². The first-order chi connectivity index (χ1) is 5.25. The summed E-state index contributed by atoms with van der Waals surface area (Å²) in [6, 6.07) is 0.505. The third-order valence-corrected chi connectivity index (χ3v) is 2.59. The van der Waals surface area contributed by atoms with Gasteiger partial charge in [0.15, 0.2) is 0 Å². The third kappa shape index (κ3) is 1.95. The van der Waals surface area contributed by atoms with Crippen LogP contribution in [0.5, 0.6) is 0 Å². The average Bonchev–Trinajstić information content (AvgIpc) is 2.16. The molecule has 11 heavy (non-hydrogen) atoms. The number of hydrogen-bond donors (Lipinski definition) is 0. The van der Waals surface area contributed by atoms with Crippen LogP contribution >= 0.6 is 0 Å². The summed E-state index contributed by atoms with van der Waals surface area (Å²) in [5.41, 5.74) is 0. The van der Waals surface area contributed by atoms with E-state index in [9.17, 15) is 4.79 Å².